The van der Waals surface area contributed by atoms with Gasteiger partial charge in [-0.1, -0.05) is 12.1 Å². The number of hydrogen-bond donors (Lipinski definition) is 1. The van der Waals surface area contributed by atoms with Gasteiger partial charge in [0, 0.05) is 11.4 Å². The highest BCUT2D eigenvalue weighted by atomic mass is 32.1. The van der Waals surface area contributed by atoms with Crippen LogP contribution in [0.3, 0.4) is 0 Å². The van der Waals surface area contributed by atoms with E-state index in [-0.39, 0.29) is 17.4 Å². The predicted octanol–water partition coefficient (Wildman–Crippen LogP) is 4.51. The number of nitrogens with zero attached hydrogens (tertiary/aromatic N) is 3. The largest absolute Gasteiger partial charge is 0.434 e. The molecular weight excluding hydrogens is 352 g/mol. The van der Waals surface area contributed by atoms with Crippen molar-refractivity contribution in [3.05, 3.63) is 68.2 Å². The Kier molecular flexibility index (Phi) is 5.43. The van der Waals surface area contributed by atoms with Gasteiger partial charge in [-0.15, -0.1) is 11.3 Å². The molecule has 8 heteroatoms. The Hall–Kier alpha value is -3.00. The van der Waals surface area contributed by atoms with Crippen LogP contribution in [0.25, 0.3) is 0 Å². The molecule has 0 fully saturated rings. The highest BCUT2D eigenvalue weighted by Crippen LogP contribution is 2.34. The second kappa shape index (κ2) is 7.92. The van der Waals surface area contributed by atoms with E-state index in [4.69, 9.17) is 4.74 Å². The molecule has 3 rings (SSSR count). The van der Waals surface area contributed by atoms with Gasteiger partial charge in [-0.05, 0) is 55.0 Å². The lowest BCUT2D eigenvalue weighted by molar-refractivity contribution is -0.385. The summed E-state index contributed by atoms with van der Waals surface area (Å²) in [5.74, 6) is 0.586. The SMILES string of the molecule is Cc1cc(C)cc(Oc2ncnc(NCCc3cccs3)c2[N+](=O)[O-])c1. The van der Waals surface area contributed by atoms with Gasteiger partial charge in [-0.2, -0.15) is 4.98 Å². The Labute approximate surface area is 154 Å². The molecule has 2 aromatic heterocycles. The molecule has 134 valence electrons. The Morgan fingerprint density at radius 3 is 2.65 bits per heavy atom. The van der Waals surface area contributed by atoms with E-state index >= 15 is 0 Å². The highest BCUT2D eigenvalue weighted by molar-refractivity contribution is 7.09. The van der Waals surface area contributed by atoms with E-state index < -0.39 is 4.92 Å². The second-order valence-electron chi connectivity index (χ2n) is 5.81. The first-order chi connectivity index (χ1) is 12.5. The Morgan fingerprint density at radius 1 is 1.23 bits per heavy atom. The monoisotopic (exact) mass is 370 g/mol. The number of ether oxygens (including phenoxy) is 1. The second-order valence-corrected chi connectivity index (χ2v) is 6.85. The minimum absolute atomic E-state index is 0.0753. The van der Waals surface area contributed by atoms with Gasteiger partial charge in [0.15, 0.2) is 0 Å². The first-order valence-electron chi connectivity index (χ1n) is 8.04. The van der Waals surface area contributed by atoms with Crippen LogP contribution in [0.4, 0.5) is 11.5 Å². The Bertz CT molecular complexity index is 893. The summed E-state index contributed by atoms with van der Waals surface area (Å²) in [5, 5.41) is 16.6. The number of thiophene rings is 1. The summed E-state index contributed by atoms with van der Waals surface area (Å²) in [7, 11) is 0. The number of aryl methyl sites for hydroxylation is 2. The van der Waals surface area contributed by atoms with E-state index in [0.717, 1.165) is 17.5 Å². The molecule has 0 atom stereocenters. The molecule has 0 spiro atoms. The quantitative estimate of drug-likeness (QED) is 0.486. The van der Waals surface area contributed by atoms with Gasteiger partial charge in [0.05, 0.1) is 4.92 Å². The minimum Gasteiger partial charge on any atom is -0.434 e. The van der Waals surface area contributed by atoms with Crippen LogP contribution in [0.5, 0.6) is 11.6 Å². The molecule has 3 aromatic rings. The van der Waals surface area contributed by atoms with Crippen LogP contribution in [0, 0.1) is 24.0 Å². The zero-order valence-electron chi connectivity index (χ0n) is 14.4. The van der Waals surface area contributed by atoms with Crippen LogP contribution in [0.1, 0.15) is 16.0 Å². The number of rotatable bonds is 7. The number of aromatic nitrogens is 2. The van der Waals surface area contributed by atoms with Crippen LogP contribution < -0.4 is 10.1 Å². The number of hydrogen-bond acceptors (Lipinski definition) is 7. The molecule has 0 aliphatic heterocycles. The average Bonchev–Trinajstić information content (AvgIpc) is 3.07. The van der Waals surface area contributed by atoms with Gasteiger partial charge in [-0.25, -0.2) is 4.98 Å². The topological polar surface area (TPSA) is 90.2 Å². The molecule has 0 amide bonds. The maximum atomic E-state index is 11.6. The lowest BCUT2D eigenvalue weighted by atomic mass is 10.1. The fourth-order valence-electron chi connectivity index (χ4n) is 2.59. The number of benzene rings is 1. The lowest BCUT2D eigenvalue weighted by Crippen LogP contribution is -2.09. The van der Waals surface area contributed by atoms with E-state index in [9.17, 15) is 10.1 Å². The van der Waals surface area contributed by atoms with E-state index in [1.807, 2.05) is 49.6 Å². The molecule has 0 bridgehead atoms. The predicted molar refractivity (Wildman–Crippen MR) is 101 cm³/mol. The molecule has 0 saturated carbocycles. The molecule has 26 heavy (non-hydrogen) atoms. The van der Waals surface area contributed by atoms with Gasteiger partial charge in [0.1, 0.15) is 12.1 Å². The van der Waals surface area contributed by atoms with Crippen LogP contribution in [-0.4, -0.2) is 21.4 Å². The molecule has 0 aliphatic carbocycles. The standard InChI is InChI=1S/C18H18N4O3S/c1-12-8-13(2)10-14(9-12)25-18-16(22(23)24)17(20-11-21-18)19-6-5-15-4-3-7-26-15/h3-4,7-11H,5-6H2,1-2H3,(H,19,20,21). The first kappa shape index (κ1) is 17.8. The summed E-state index contributed by atoms with van der Waals surface area (Å²) >= 11 is 1.64. The van der Waals surface area contributed by atoms with Crippen molar-refractivity contribution >= 4 is 22.8 Å². The van der Waals surface area contributed by atoms with Crippen LogP contribution in [0.2, 0.25) is 0 Å². The zero-order valence-corrected chi connectivity index (χ0v) is 15.2. The van der Waals surface area contributed by atoms with Crippen molar-refractivity contribution < 1.29 is 9.66 Å². The first-order valence-corrected chi connectivity index (χ1v) is 8.92. The third-order valence-corrected chi connectivity index (χ3v) is 4.56. The molecule has 1 aromatic carbocycles. The number of anilines is 1. The van der Waals surface area contributed by atoms with Crippen LogP contribution >= 0.6 is 11.3 Å². The smallest absolute Gasteiger partial charge is 0.373 e. The van der Waals surface area contributed by atoms with Crippen molar-refractivity contribution in [3.63, 3.8) is 0 Å². The minimum atomic E-state index is -0.522. The zero-order chi connectivity index (χ0) is 18.5. The van der Waals surface area contributed by atoms with Crippen LogP contribution in [-0.2, 0) is 6.42 Å². The van der Waals surface area contributed by atoms with Crippen molar-refractivity contribution in [3.8, 4) is 11.6 Å². The maximum Gasteiger partial charge on any atom is 0.373 e. The molecule has 2 heterocycles. The Balaban J connectivity index is 1.82. The van der Waals surface area contributed by atoms with E-state index in [2.05, 4.69) is 15.3 Å². The lowest BCUT2D eigenvalue weighted by Gasteiger charge is -2.10. The number of nitrogens with one attached hydrogen (secondary N) is 1. The van der Waals surface area contributed by atoms with Gasteiger partial charge < -0.3 is 10.1 Å². The summed E-state index contributed by atoms with van der Waals surface area (Å²) in [6.07, 6.45) is 2.02. The van der Waals surface area contributed by atoms with Crippen molar-refractivity contribution in [2.24, 2.45) is 0 Å². The van der Waals surface area contributed by atoms with E-state index in [1.54, 1.807) is 11.3 Å². The fraction of sp³-hybridized carbons (Fsp3) is 0.222. The Morgan fingerprint density at radius 2 is 2.00 bits per heavy atom. The van der Waals surface area contributed by atoms with Crippen molar-refractivity contribution in [1.82, 2.24) is 9.97 Å². The summed E-state index contributed by atoms with van der Waals surface area (Å²) in [6.45, 7) is 4.40. The van der Waals surface area contributed by atoms with Crippen molar-refractivity contribution in [2.45, 2.75) is 20.3 Å². The normalized spacial score (nSPS) is 10.5. The number of nitro groups is 1. The molecule has 1 N–H and O–H groups in total. The molecule has 0 saturated heterocycles. The van der Waals surface area contributed by atoms with Gasteiger partial charge in [0.2, 0.25) is 5.82 Å². The summed E-state index contributed by atoms with van der Waals surface area (Å²) in [6, 6.07) is 9.61. The average molecular weight is 370 g/mol. The molecule has 0 unspecified atom stereocenters. The third kappa shape index (κ3) is 4.34. The maximum absolute atomic E-state index is 11.6. The van der Waals surface area contributed by atoms with Crippen molar-refractivity contribution in [1.29, 1.82) is 0 Å². The molecule has 0 radical (unpaired) electrons. The van der Waals surface area contributed by atoms with Gasteiger partial charge in [-0.3, -0.25) is 10.1 Å². The molecular formula is C18H18N4O3S. The van der Waals surface area contributed by atoms with Crippen molar-refractivity contribution in [2.75, 3.05) is 11.9 Å². The van der Waals surface area contributed by atoms with Crippen LogP contribution in [0.15, 0.2) is 42.0 Å². The summed E-state index contributed by atoms with van der Waals surface area (Å²) < 4.78 is 5.69. The van der Waals surface area contributed by atoms with E-state index in [1.165, 1.54) is 11.2 Å². The highest BCUT2D eigenvalue weighted by Gasteiger charge is 2.25. The molecule has 0 aliphatic rings. The third-order valence-electron chi connectivity index (χ3n) is 3.62. The summed E-state index contributed by atoms with van der Waals surface area (Å²) in [5.41, 5.74) is 1.75. The van der Waals surface area contributed by atoms with E-state index in [0.29, 0.717) is 12.3 Å². The van der Waals surface area contributed by atoms with Gasteiger partial charge in [0.25, 0.3) is 0 Å². The summed E-state index contributed by atoms with van der Waals surface area (Å²) in [4.78, 5) is 20.2. The fourth-order valence-corrected chi connectivity index (χ4v) is 3.30. The van der Waals surface area contributed by atoms with Gasteiger partial charge >= 0.3 is 11.6 Å². The molecule has 7 nitrogen and oxygen atoms in total.